The van der Waals surface area contributed by atoms with Crippen molar-refractivity contribution < 1.29 is 14.3 Å². The molecule has 0 atom stereocenters. The molecule has 1 heterocycles. The Bertz CT molecular complexity index is 829. The predicted octanol–water partition coefficient (Wildman–Crippen LogP) is 4.52. The van der Waals surface area contributed by atoms with Crippen LogP contribution in [0.5, 0.6) is 5.75 Å². The van der Waals surface area contributed by atoms with Gasteiger partial charge in [0.1, 0.15) is 5.75 Å². The van der Waals surface area contributed by atoms with Crippen molar-refractivity contribution in [2.75, 3.05) is 36.2 Å². The van der Waals surface area contributed by atoms with E-state index >= 15 is 0 Å². The van der Waals surface area contributed by atoms with Gasteiger partial charge in [-0.05, 0) is 55.3 Å². The highest BCUT2D eigenvalue weighted by Crippen LogP contribution is 2.33. The molecule has 0 spiro atoms. The van der Waals surface area contributed by atoms with Crippen LogP contribution in [0.25, 0.3) is 0 Å². The van der Waals surface area contributed by atoms with Crippen LogP contribution in [0.1, 0.15) is 25.7 Å². The number of amides is 3. The van der Waals surface area contributed by atoms with Gasteiger partial charge in [-0.2, -0.15) is 0 Å². The molecule has 29 heavy (non-hydrogen) atoms. The summed E-state index contributed by atoms with van der Waals surface area (Å²) >= 11 is 1.78. The minimum atomic E-state index is -0.254. The van der Waals surface area contributed by atoms with E-state index in [2.05, 4.69) is 22.8 Å². The molecule has 6 nitrogen and oxygen atoms in total. The van der Waals surface area contributed by atoms with E-state index in [-0.39, 0.29) is 11.9 Å². The van der Waals surface area contributed by atoms with E-state index in [0.717, 1.165) is 25.0 Å². The Kier molecular flexibility index (Phi) is 7.81. The Morgan fingerprint density at radius 2 is 2.00 bits per heavy atom. The molecule has 0 unspecified atom stereocenters. The maximum Gasteiger partial charge on any atom is 0.319 e. The van der Waals surface area contributed by atoms with E-state index in [1.54, 1.807) is 42.0 Å². The Morgan fingerprint density at radius 1 is 1.17 bits per heavy atom. The predicted molar refractivity (Wildman–Crippen MR) is 118 cm³/mol. The van der Waals surface area contributed by atoms with Crippen LogP contribution in [0.4, 0.5) is 16.2 Å². The highest BCUT2D eigenvalue weighted by atomic mass is 32.2. The summed E-state index contributed by atoms with van der Waals surface area (Å²) in [6, 6.07) is 15.3. The highest BCUT2D eigenvalue weighted by Gasteiger charge is 2.23. The Balaban J connectivity index is 1.49. The molecule has 0 radical (unpaired) electrons. The molecule has 2 aromatic carbocycles. The molecule has 1 fully saturated rings. The van der Waals surface area contributed by atoms with Crippen molar-refractivity contribution in [3.05, 3.63) is 48.5 Å². The molecule has 154 valence electrons. The number of anilines is 2. The number of methoxy groups -OCH3 is 1. The van der Waals surface area contributed by atoms with Crippen LogP contribution in [0.3, 0.4) is 0 Å². The lowest BCUT2D eigenvalue weighted by Gasteiger charge is -2.28. The van der Waals surface area contributed by atoms with Crippen molar-refractivity contribution >= 4 is 35.1 Å². The molecule has 7 heteroatoms. The maximum absolute atomic E-state index is 12.3. The third kappa shape index (κ3) is 6.15. The second-order valence-corrected chi connectivity index (χ2v) is 7.95. The SMILES string of the molecule is COc1ccc(NC(=O)NCCCSc2ccccc2)cc1N1CCCCC1=O. The van der Waals surface area contributed by atoms with Gasteiger partial charge in [-0.15, -0.1) is 11.8 Å². The second kappa shape index (κ2) is 10.8. The first-order chi connectivity index (χ1) is 14.2. The number of hydrogen-bond donors (Lipinski definition) is 2. The monoisotopic (exact) mass is 413 g/mol. The lowest BCUT2D eigenvalue weighted by atomic mass is 10.1. The Morgan fingerprint density at radius 3 is 2.76 bits per heavy atom. The zero-order valence-electron chi connectivity index (χ0n) is 16.6. The molecule has 1 aliphatic rings. The van der Waals surface area contributed by atoms with E-state index in [1.165, 1.54) is 4.90 Å². The van der Waals surface area contributed by atoms with Gasteiger partial charge in [-0.1, -0.05) is 18.2 Å². The van der Waals surface area contributed by atoms with Gasteiger partial charge in [0.2, 0.25) is 5.91 Å². The topological polar surface area (TPSA) is 70.7 Å². The Labute approximate surface area is 176 Å². The highest BCUT2D eigenvalue weighted by molar-refractivity contribution is 7.99. The third-order valence-electron chi connectivity index (χ3n) is 4.67. The van der Waals surface area contributed by atoms with Crippen LogP contribution in [0.2, 0.25) is 0 Å². The van der Waals surface area contributed by atoms with Gasteiger partial charge < -0.3 is 20.3 Å². The summed E-state index contributed by atoms with van der Waals surface area (Å²) in [5.74, 6) is 1.66. The van der Waals surface area contributed by atoms with Crippen molar-refractivity contribution in [1.82, 2.24) is 5.32 Å². The summed E-state index contributed by atoms with van der Waals surface area (Å²) in [6.45, 7) is 1.27. The smallest absolute Gasteiger partial charge is 0.319 e. The molecule has 0 aromatic heterocycles. The molecule has 2 aromatic rings. The molecular formula is C22H27N3O3S. The number of nitrogens with zero attached hydrogens (tertiary/aromatic N) is 1. The molecule has 1 saturated heterocycles. The number of carbonyl (C=O) groups excluding carboxylic acids is 2. The number of ether oxygens (including phenoxy) is 1. The van der Waals surface area contributed by atoms with Crippen LogP contribution in [-0.2, 0) is 4.79 Å². The molecule has 1 aliphatic heterocycles. The maximum atomic E-state index is 12.3. The van der Waals surface area contributed by atoms with E-state index < -0.39 is 0 Å². The van der Waals surface area contributed by atoms with Crippen molar-refractivity contribution in [3.63, 3.8) is 0 Å². The first-order valence-corrected chi connectivity index (χ1v) is 10.9. The Hall–Kier alpha value is -2.67. The average Bonchev–Trinajstić information content (AvgIpc) is 2.74. The number of urea groups is 1. The van der Waals surface area contributed by atoms with Crippen LogP contribution in [0.15, 0.2) is 53.4 Å². The van der Waals surface area contributed by atoms with Gasteiger partial charge in [0.15, 0.2) is 0 Å². The number of hydrogen-bond acceptors (Lipinski definition) is 4. The van der Waals surface area contributed by atoms with Crippen molar-refractivity contribution in [2.24, 2.45) is 0 Å². The third-order valence-corrected chi connectivity index (χ3v) is 5.77. The summed E-state index contributed by atoms with van der Waals surface area (Å²) in [5, 5.41) is 5.72. The summed E-state index contributed by atoms with van der Waals surface area (Å²) in [6.07, 6.45) is 3.31. The van der Waals surface area contributed by atoms with Gasteiger partial charge in [-0.3, -0.25) is 4.79 Å². The fourth-order valence-electron chi connectivity index (χ4n) is 3.20. The van der Waals surface area contributed by atoms with E-state index in [0.29, 0.717) is 36.6 Å². The fourth-order valence-corrected chi connectivity index (χ4v) is 4.07. The molecular weight excluding hydrogens is 386 g/mol. The lowest BCUT2D eigenvalue weighted by molar-refractivity contribution is -0.119. The van der Waals surface area contributed by atoms with Crippen LogP contribution in [0, 0.1) is 0 Å². The summed E-state index contributed by atoms with van der Waals surface area (Å²) in [5.41, 5.74) is 1.34. The van der Waals surface area contributed by atoms with Crippen molar-refractivity contribution in [1.29, 1.82) is 0 Å². The summed E-state index contributed by atoms with van der Waals surface area (Å²) < 4.78 is 5.41. The molecule has 0 bridgehead atoms. The van der Waals surface area contributed by atoms with Gasteiger partial charge in [-0.25, -0.2) is 4.79 Å². The lowest BCUT2D eigenvalue weighted by Crippen LogP contribution is -2.35. The number of piperidine rings is 1. The quantitative estimate of drug-likeness (QED) is 0.493. The average molecular weight is 414 g/mol. The molecule has 3 amide bonds. The second-order valence-electron chi connectivity index (χ2n) is 6.79. The van der Waals surface area contributed by atoms with E-state index in [1.807, 2.05) is 18.2 Å². The number of nitrogens with one attached hydrogen (secondary N) is 2. The van der Waals surface area contributed by atoms with Gasteiger partial charge in [0.05, 0.1) is 12.8 Å². The zero-order valence-corrected chi connectivity index (χ0v) is 17.5. The van der Waals surface area contributed by atoms with Crippen molar-refractivity contribution in [2.45, 2.75) is 30.6 Å². The largest absolute Gasteiger partial charge is 0.495 e. The van der Waals surface area contributed by atoms with Crippen LogP contribution < -0.4 is 20.3 Å². The normalized spacial score (nSPS) is 13.8. The van der Waals surface area contributed by atoms with Crippen LogP contribution >= 0.6 is 11.8 Å². The number of benzene rings is 2. The van der Waals surface area contributed by atoms with E-state index in [4.69, 9.17) is 4.74 Å². The van der Waals surface area contributed by atoms with E-state index in [9.17, 15) is 9.59 Å². The standard InChI is InChI=1S/C22H27N3O3S/c1-28-20-12-11-17(16-19(20)25-14-6-5-10-21(25)26)24-22(27)23-13-7-15-29-18-8-3-2-4-9-18/h2-4,8-9,11-12,16H,5-7,10,13-15H2,1H3,(H2,23,24,27). The fraction of sp³-hybridized carbons (Fsp3) is 0.364. The molecule has 0 aliphatic carbocycles. The molecule has 2 N–H and O–H groups in total. The van der Waals surface area contributed by atoms with Crippen molar-refractivity contribution in [3.8, 4) is 5.75 Å². The molecule has 0 saturated carbocycles. The first kappa shape index (κ1) is 21.0. The number of rotatable bonds is 8. The minimum Gasteiger partial charge on any atom is -0.495 e. The summed E-state index contributed by atoms with van der Waals surface area (Å²) in [7, 11) is 1.58. The number of carbonyl (C=O) groups is 2. The summed E-state index contributed by atoms with van der Waals surface area (Å²) in [4.78, 5) is 27.5. The molecule has 3 rings (SSSR count). The van der Waals surface area contributed by atoms with Gasteiger partial charge in [0, 0.05) is 30.1 Å². The first-order valence-electron chi connectivity index (χ1n) is 9.88. The van der Waals surface area contributed by atoms with Gasteiger partial charge in [0.25, 0.3) is 0 Å². The van der Waals surface area contributed by atoms with Gasteiger partial charge >= 0.3 is 6.03 Å². The minimum absolute atomic E-state index is 0.0899. The number of thioether (sulfide) groups is 1. The zero-order chi connectivity index (χ0) is 20.5. The van der Waals surface area contributed by atoms with Crippen LogP contribution in [-0.4, -0.2) is 37.9 Å².